The summed E-state index contributed by atoms with van der Waals surface area (Å²) in [6, 6.07) is 0.262. The van der Waals surface area contributed by atoms with Gasteiger partial charge in [-0.15, -0.1) is 0 Å². The van der Waals surface area contributed by atoms with E-state index in [4.69, 9.17) is 0 Å². The molecule has 0 aromatic carbocycles. The molecule has 4 heteroatoms. The molecule has 0 spiro atoms. The van der Waals surface area contributed by atoms with Crippen LogP contribution in [0.5, 0.6) is 0 Å². The van der Waals surface area contributed by atoms with Crippen LogP contribution in [0.4, 0.5) is 0 Å². The molecule has 1 N–H and O–H groups in total. The summed E-state index contributed by atoms with van der Waals surface area (Å²) in [7, 11) is 0. The Kier molecular flexibility index (Phi) is 4.19. The van der Waals surface area contributed by atoms with Crippen LogP contribution in [0.1, 0.15) is 58.3 Å². The number of hydrogen-bond donors (Lipinski definition) is 1. The highest BCUT2D eigenvalue weighted by atomic mass is 16.5. The van der Waals surface area contributed by atoms with Gasteiger partial charge >= 0.3 is 0 Å². The Morgan fingerprint density at radius 3 is 2.44 bits per heavy atom. The molecule has 0 aromatic heterocycles. The van der Waals surface area contributed by atoms with Gasteiger partial charge in [-0.1, -0.05) is 26.2 Å². The normalized spacial score (nSPS) is 34.5. The Balaban J connectivity index is 1.93. The van der Waals surface area contributed by atoms with E-state index in [-0.39, 0.29) is 18.2 Å². The molecule has 0 bridgehead atoms. The minimum absolute atomic E-state index is 0.0528. The highest BCUT2D eigenvalue weighted by molar-refractivity contribution is 4.83. The highest BCUT2D eigenvalue weighted by Crippen LogP contribution is 2.29. The van der Waals surface area contributed by atoms with Crippen molar-refractivity contribution in [1.82, 2.24) is 10.1 Å². The first kappa shape index (κ1) is 12.3. The summed E-state index contributed by atoms with van der Waals surface area (Å²) >= 11 is 0. The van der Waals surface area contributed by atoms with E-state index in [9.17, 15) is 10.4 Å². The zero-order valence-electron chi connectivity index (χ0n) is 10.1. The maximum absolute atomic E-state index is 11.9. The summed E-state index contributed by atoms with van der Waals surface area (Å²) < 4.78 is 0. The monoisotopic (exact) mass is 227 g/mol. The number of piperidine rings is 1. The Labute approximate surface area is 97.8 Å². The van der Waals surface area contributed by atoms with Gasteiger partial charge in [-0.05, 0) is 38.1 Å². The molecule has 1 aliphatic heterocycles. The SMILES string of the molecule is CC1CCCC(N(O)C2CCCCC2)N1[O-]. The molecular weight excluding hydrogens is 204 g/mol. The van der Waals surface area contributed by atoms with E-state index in [0.717, 1.165) is 37.2 Å². The molecule has 2 atom stereocenters. The first-order valence-corrected chi connectivity index (χ1v) is 6.63. The third-order valence-corrected chi connectivity index (χ3v) is 4.07. The van der Waals surface area contributed by atoms with Crippen molar-refractivity contribution in [2.24, 2.45) is 0 Å². The van der Waals surface area contributed by atoms with E-state index in [2.05, 4.69) is 0 Å². The van der Waals surface area contributed by atoms with Crippen LogP contribution < -0.4 is 0 Å². The van der Waals surface area contributed by atoms with Crippen molar-refractivity contribution < 1.29 is 5.21 Å². The van der Waals surface area contributed by atoms with Gasteiger partial charge in [0.1, 0.15) is 0 Å². The van der Waals surface area contributed by atoms with Crippen molar-refractivity contribution in [3.05, 3.63) is 5.21 Å². The summed E-state index contributed by atoms with van der Waals surface area (Å²) in [6.45, 7) is 1.95. The summed E-state index contributed by atoms with van der Waals surface area (Å²) in [4.78, 5) is 0. The average Bonchev–Trinajstić information content (AvgIpc) is 2.33. The predicted molar refractivity (Wildman–Crippen MR) is 62.8 cm³/mol. The largest absolute Gasteiger partial charge is 0.784 e. The van der Waals surface area contributed by atoms with E-state index >= 15 is 0 Å². The third-order valence-electron chi connectivity index (χ3n) is 4.07. The minimum Gasteiger partial charge on any atom is -0.784 e. The van der Waals surface area contributed by atoms with Gasteiger partial charge in [0, 0.05) is 6.04 Å². The number of rotatable bonds is 2. The van der Waals surface area contributed by atoms with E-state index in [1.54, 1.807) is 0 Å². The van der Waals surface area contributed by atoms with Crippen LogP contribution in [0.3, 0.4) is 0 Å². The molecule has 1 saturated carbocycles. The zero-order chi connectivity index (χ0) is 11.5. The molecule has 2 rings (SSSR count). The van der Waals surface area contributed by atoms with Gasteiger partial charge in [0.15, 0.2) is 0 Å². The van der Waals surface area contributed by atoms with Crippen LogP contribution >= 0.6 is 0 Å². The van der Waals surface area contributed by atoms with Crippen LogP contribution in [-0.2, 0) is 0 Å². The summed E-state index contributed by atoms with van der Waals surface area (Å²) in [5.74, 6) is 0. The van der Waals surface area contributed by atoms with Crippen molar-refractivity contribution >= 4 is 0 Å². The molecule has 0 aromatic rings. The maximum Gasteiger partial charge on any atom is 0.0757 e. The number of hydroxylamine groups is 4. The highest BCUT2D eigenvalue weighted by Gasteiger charge is 2.30. The number of nitrogens with zero attached hydrogens (tertiary/aromatic N) is 2. The van der Waals surface area contributed by atoms with Gasteiger partial charge in [0.2, 0.25) is 0 Å². The molecule has 16 heavy (non-hydrogen) atoms. The lowest BCUT2D eigenvalue weighted by Crippen LogP contribution is -2.53. The smallest absolute Gasteiger partial charge is 0.0757 e. The second-order valence-corrected chi connectivity index (χ2v) is 5.29. The molecule has 2 fully saturated rings. The molecule has 1 saturated heterocycles. The van der Waals surface area contributed by atoms with Crippen LogP contribution in [-0.4, -0.2) is 33.6 Å². The molecule has 94 valence electrons. The zero-order valence-corrected chi connectivity index (χ0v) is 10.1. The topological polar surface area (TPSA) is 49.8 Å². The van der Waals surface area contributed by atoms with Crippen molar-refractivity contribution in [1.29, 1.82) is 0 Å². The molecule has 4 nitrogen and oxygen atoms in total. The second kappa shape index (κ2) is 5.45. The second-order valence-electron chi connectivity index (χ2n) is 5.29. The lowest BCUT2D eigenvalue weighted by molar-refractivity contribution is -0.210. The maximum atomic E-state index is 11.9. The minimum atomic E-state index is -0.299. The fourth-order valence-electron chi connectivity index (χ4n) is 2.98. The molecule has 0 amide bonds. The predicted octanol–water partition coefficient (Wildman–Crippen LogP) is 2.71. The fourth-order valence-corrected chi connectivity index (χ4v) is 2.98. The van der Waals surface area contributed by atoms with E-state index in [0.29, 0.717) is 0 Å². The van der Waals surface area contributed by atoms with Gasteiger partial charge in [-0.3, -0.25) is 0 Å². The Bertz CT molecular complexity index is 219. The molecule has 2 unspecified atom stereocenters. The Morgan fingerprint density at radius 2 is 1.75 bits per heavy atom. The number of hydrogen-bond acceptors (Lipinski definition) is 4. The lowest BCUT2D eigenvalue weighted by atomic mass is 9.94. The quantitative estimate of drug-likeness (QED) is 0.737. The van der Waals surface area contributed by atoms with Crippen molar-refractivity contribution in [3.63, 3.8) is 0 Å². The first-order valence-electron chi connectivity index (χ1n) is 6.63. The summed E-state index contributed by atoms with van der Waals surface area (Å²) in [5.41, 5.74) is 0. The van der Waals surface area contributed by atoms with E-state index in [1.807, 2.05) is 6.92 Å². The lowest BCUT2D eigenvalue weighted by Gasteiger charge is -2.50. The van der Waals surface area contributed by atoms with Crippen LogP contribution in [0, 0.1) is 5.21 Å². The molecular formula is C12H23N2O2-. The van der Waals surface area contributed by atoms with Gasteiger partial charge in [0.25, 0.3) is 0 Å². The van der Waals surface area contributed by atoms with E-state index in [1.165, 1.54) is 24.3 Å². The summed E-state index contributed by atoms with van der Waals surface area (Å²) in [6.07, 6.45) is 8.22. The van der Waals surface area contributed by atoms with Crippen LogP contribution in [0.2, 0.25) is 0 Å². The Morgan fingerprint density at radius 1 is 1.06 bits per heavy atom. The fraction of sp³-hybridized carbons (Fsp3) is 1.00. The van der Waals surface area contributed by atoms with Gasteiger partial charge in [-0.2, -0.15) is 5.06 Å². The van der Waals surface area contributed by atoms with Crippen molar-refractivity contribution in [2.45, 2.75) is 76.5 Å². The van der Waals surface area contributed by atoms with Gasteiger partial charge in [0.05, 0.1) is 6.17 Å². The summed E-state index contributed by atoms with van der Waals surface area (Å²) in [5, 5.41) is 24.6. The first-order chi connectivity index (χ1) is 7.70. The van der Waals surface area contributed by atoms with Crippen LogP contribution in [0.25, 0.3) is 0 Å². The Hall–Kier alpha value is -0.160. The van der Waals surface area contributed by atoms with Crippen LogP contribution in [0.15, 0.2) is 0 Å². The van der Waals surface area contributed by atoms with Crippen molar-refractivity contribution in [3.8, 4) is 0 Å². The van der Waals surface area contributed by atoms with E-state index < -0.39 is 0 Å². The third kappa shape index (κ3) is 2.56. The van der Waals surface area contributed by atoms with Gasteiger partial charge < -0.3 is 15.5 Å². The molecule has 1 heterocycles. The molecule has 0 radical (unpaired) electrons. The molecule has 2 aliphatic rings. The molecule has 1 aliphatic carbocycles. The average molecular weight is 227 g/mol. The van der Waals surface area contributed by atoms with Gasteiger partial charge in [-0.25, -0.2) is 0 Å². The standard InChI is InChI=1S/C12H23N2O2/c1-10-6-5-9-12(13(10)15)14(16)11-7-3-2-4-8-11/h10-12,16H,2-9H2,1H3/q-1. The van der Waals surface area contributed by atoms with Crippen molar-refractivity contribution in [2.75, 3.05) is 0 Å².